The zero-order chi connectivity index (χ0) is 14.5. The van der Waals surface area contributed by atoms with Crippen LogP contribution in [0, 0.1) is 11.3 Å². The molecule has 3 nitrogen and oxygen atoms in total. The van der Waals surface area contributed by atoms with Gasteiger partial charge in [-0.25, -0.2) is 0 Å². The number of nitrogens with zero attached hydrogens (tertiary/aromatic N) is 1. The van der Waals surface area contributed by atoms with Crippen LogP contribution in [0.2, 0.25) is 0 Å². The molecule has 0 amide bonds. The highest BCUT2D eigenvalue weighted by atomic mass is 79.9. The van der Waals surface area contributed by atoms with Gasteiger partial charge in [-0.1, -0.05) is 40.2 Å². The molecule has 0 fully saturated rings. The Kier molecular flexibility index (Phi) is 4.54. The topological polar surface area (TPSA) is 50.1 Å². The number of ether oxygens (including phenoxy) is 1. The number of Topliss-reactive ketones (excluding diaryl/α,β-unsaturated/α-hetero) is 1. The van der Waals surface area contributed by atoms with Crippen molar-refractivity contribution in [3.63, 3.8) is 0 Å². The van der Waals surface area contributed by atoms with Crippen LogP contribution in [0.1, 0.15) is 21.8 Å². The van der Waals surface area contributed by atoms with Crippen LogP contribution < -0.4 is 4.74 Å². The van der Waals surface area contributed by atoms with Crippen molar-refractivity contribution in [1.29, 1.82) is 5.26 Å². The number of halogens is 1. The van der Waals surface area contributed by atoms with Crippen molar-refractivity contribution in [2.24, 2.45) is 0 Å². The molecule has 2 aromatic rings. The number of para-hydroxylation sites is 1. The smallest absolute Gasteiger partial charge is 0.188 e. The summed E-state index contributed by atoms with van der Waals surface area (Å²) in [5, 5.41) is 9.32. The van der Waals surface area contributed by atoms with E-state index in [0.29, 0.717) is 16.9 Å². The fourth-order valence-corrected chi connectivity index (χ4v) is 2.21. The number of nitriles is 1. The molecule has 100 valence electrons. The van der Waals surface area contributed by atoms with E-state index in [1.54, 1.807) is 36.4 Å². The van der Waals surface area contributed by atoms with Gasteiger partial charge in [-0.2, -0.15) is 5.26 Å². The van der Waals surface area contributed by atoms with E-state index in [9.17, 15) is 10.1 Å². The average Bonchev–Trinajstić information content (AvgIpc) is 2.49. The first-order valence-electron chi connectivity index (χ1n) is 5.99. The zero-order valence-corrected chi connectivity index (χ0v) is 12.4. The highest BCUT2D eigenvalue weighted by molar-refractivity contribution is 9.10. The summed E-state index contributed by atoms with van der Waals surface area (Å²) in [6.07, 6.45) is 0. The van der Waals surface area contributed by atoms with Gasteiger partial charge in [-0.15, -0.1) is 0 Å². The van der Waals surface area contributed by atoms with E-state index < -0.39 is 5.92 Å². The number of carbonyl (C=O) groups is 1. The summed E-state index contributed by atoms with van der Waals surface area (Å²) >= 11 is 3.33. The van der Waals surface area contributed by atoms with E-state index in [4.69, 9.17) is 4.74 Å². The summed E-state index contributed by atoms with van der Waals surface area (Å²) in [6.45, 7) is 0. The number of rotatable bonds is 4. The number of hydrogen-bond donors (Lipinski definition) is 0. The van der Waals surface area contributed by atoms with Crippen molar-refractivity contribution in [3.05, 3.63) is 64.1 Å². The minimum atomic E-state index is -0.834. The molecular formula is C16H12BrNO2. The van der Waals surface area contributed by atoms with Crippen molar-refractivity contribution in [2.45, 2.75) is 5.92 Å². The Hall–Kier alpha value is -2.12. The molecule has 4 heteroatoms. The highest BCUT2D eigenvalue weighted by Gasteiger charge is 2.24. The molecule has 0 radical (unpaired) electrons. The second kappa shape index (κ2) is 6.36. The molecule has 1 unspecified atom stereocenters. The average molecular weight is 330 g/mol. The van der Waals surface area contributed by atoms with E-state index in [1.165, 1.54) is 7.11 Å². The molecule has 0 aliphatic carbocycles. The quantitative estimate of drug-likeness (QED) is 0.798. The fraction of sp³-hybridized carbons (Fsp3) is 0.125. The maximum atomic E-state index is 12.5. The van der Waals surface area contributed by atoms with Crippen LogP contribution in [-0.2, 0) is 0 Å². The predicted molar refractivity (Wildman–Crippen MR) is 79.8 cm³/mol. The van der Waals surface area contributed by atoms with Crippen LogP contribution in [0.25, 0.3) is 0 Å². The van der Waals surface area contributed by atoms with E-state index >= 15 is 0 Å². The monoisotopic (exact) mass is 329 g/mol. The lowest BCUT2D eigenvalue weighted by Gasteiger charge is -2.11. The van der Waals surface area contributed by atoms with E-state index in [0.717, 1.165) is 4.47 Å². The molecular weight excluding hydrogens is 318 g/mol. The number of benzene rings is 2. The SMILES string of the molecule is COc1ccccc1C(=O)C(C#N)c1ccc(Br)cc1. The summed E-state index contributed by atoms with van der Waals surface area (Å²) < 4.78 is 6.08. The molecule has 20 heavy (non-hydrogen) atoms. The van der Waals surface area contributed by atoms with Crippen molar-refractivity contribution in [3.8, 4) is 11.8 Å². The number of carbonyl (C=O) groups excluding carboxylic acids is 1. The van der Waals surface area contributed by atoms with Gasteiger partial charge in [-0.05, 0) is 29.8 Å². The van der Waals surface area contributed by atoms with Gasteiger partial charge in [0, 0.05) is 4.47 Å². The molecule has 0 bridgehead atoms. The Morgan fingerprint density at radius 3 is 2.45 bits per heavy atom. The van der Waals surface area contributed by atoms with Gasteiger partial charge in [0.05, 0.1) is 18.7 Å². The molecule has 0 saturated carbocycles. The van der Waals surface area contributed by atoms with Crippen molar-refractivity contribution in [2.75, 3.05) is 7.11 Å². The Morgan fingerprint density at radius 2 is 1.85 bits per heavy atom. The Bertz CT molecular complexity index is 659. The van der Waals surface area contributed by atoms with Gasteiger partial charge in [0.15, 0.2) is 5.78 Å². The summed E-state index contributed by atoms with van der Waals surface area (Å²) in [4.78, 5) is 12.5. The van der Waals surface area contributed by atoms with Gasteiger partial charge < -0.3 is 4.74 Å². The Morgan fingerprint density at radius 1 is 1.20 bits per heavy atom. The summed E-state index contributed by atoms with van der Waals surface area (Å²) in [7, 11) is 1.51. The number of hydrogen-bond acceptors (Lipinski definition) is 3. The third kappa shape index (κ3) is 2.89. The van der Waals surface area contributed by atoms with E-state index in [1.807, 2.05) is 12.1 Å². The van der Waals surface area contributed by atoms with Crippen molar-refractivity contribution >= 4 is 21.7 Å². The van der Waals surface area contributed by atoms with E-state index in [-0.39, 0.29) is 5.78 Å². The minimum Gasteiger partial charge on any atom is -0.496 e. The normalized spacial score (nSPS) is 11.4. The van der Waals surface area contributed by atoms with Crippen LogP contribution >= 0.6 is 15.9 Å². The van der Waals surface area contributed by atoms with Crippen LogP contribution in [0.4, 0.5) is 0 Å². The first-order chi connectivity index (χ1) is 9.67. The first-order valence-corrected chi connectivity index (χ1v) is 6.79. The van der Waals surface area contributed by atoms with Gasteiger partial charge >= 0.3 is 0 Å². The molecule has 0 spiro atoms. The summed E-state index contributed by atoms with van der Waals surface area (Å²) in [5.41, 5.74) is 1.09. The largest absolute Gasteiger partial charge is 0.496 e. The summed E-state index contributed by atoms with van der Waals surface area (Å²) in [6, 6.07) is 16.2. The van der Waals surface area contributed by atoms with Crippen LogP contribution in [0.3, 0.4) is 0 Å². The first kappa shape index (κ1) is 14.3. The maximum absolute atomic E-state index is 12.5. The van der Waals surface area contributed by atoms with Gasteiger partial charge in [-0.3, -0.25) is 4.79 Å². The molecule has 2 aromatic carbocycles. The maximum Gasteiger partial charge on any atom is 0.188 e. The lowest BCUT2D eigenvalue weighted by Crippen LogP contribution is -2.12. The van der Waals surface area contributed by atoms with Gasteiger partial charge in [0.2, 0.25) is 0 Å². The van der Waals surface area contributed by atoms with E-state index in [2.05, 4.69) is 22.0 Å². The molecule has 0 N–H and O–H groups in total. The Balaban J connectivity index is 2.39. The zero-order valence-electron chi connectivity index (χ0n) is 10.8. The lowest BCUT2D eigenvalue weighted by atomic mass is 9.91. The molecule has 0 aliphatic rings. The van der Waals surface area contributed by atoms with Crippen LogP contribution in [0.15, 0.2) is 53.0 Å². The van der Waals surface area contributed by atoms with Crippen LogP contribution in [-0.4, -0.2) is 12.9 Å². The molecule has 2 rings (SSSR count). The molecule has 0 aromatic heterocycles. The molecule has 0 aliphatic heterocycles. The van der Waals surface area contributed by atoms with Gasteiger partial charge in [0.25, 0.3) is 0 Å². The van der Waals surface area contributed by atoms with Crippen LogP contribution in [0.5, 0.6) is 5.75 Å². The minimum absolute atomic E-state index is 0.257. The third-order valence-electron chi connectivity index (χ3n) is 2.97. The third-order valence-corrected chi connectivity index (χ3v) is 3.50. The standard InChI is InChI=1S/C16H12BrNO2/c1-20-15-5-3-2-4-13(15)16(19)14(10-18)11-6-8-12(17)9-7-11/h2-9,14H,1H3. The fourth-order valence-electron chi connectivity index (χ4n) is 1.94. The lowest BCUT2D eigenvalue weighted by molar-refractivity contribution is 0.0976. The van der Waals surface area contributed by atoms with Crippen molar-refractivity contribution in [1.82, 2.24) is 0 Å². The molecule has 0 heterocycles. The number of methoxy groups -OCH3 is 1. The molecule has 0 saturated heterocycles. The second-order valence-electron chi connectivity index (χ2n) is 4.18. The second-order valence-corrected chi connectivity index (χ2v) is 5.09. The van der Waals surface area contributed by atoms with Crippen molar-refractivity contribution < 1.29 is 9.53 Å². The Labute approximate surface area is 125 Å². The summed E-state index contributed by atoms with van der Waals surface area (Å²) in [5.74, 6) is -0.610. The number of ketones is 1. The predicted octanol–water partition coefficient (Wildman–Crippen LogP) is 3.95. The highest BCUT2D eigenvalue weighted by Crippen LogP contribution is 2.27. The molecule has 1 atom stereocenters. The van der Waals surface area contributed by atoms with Gasteiger partial charge in [0.1, 0.15) is 11.7 Å².